The number of anilines is 1. The highest BCUT2D eigenvalue weighted by Crippen LogP contribution is 2.21. The zero-order valence-electron chi connectivity index (χ0n) is 12.3. The van der Waals surface area contributed by atoms with Crippen molar-refractivity contribution in [2.75, 3.05) is 5.01 Å². The number of hydrogen-bond donors (Lipinski definition) is 0. The standard InChI is InChI=1S/C14H18N4O2/c1-9(2)15-18(10(3)19)11-6-7-12-13(8-11)17(5)14(20)16(12)4/h6-8H,1-5H3. The molecule has 0 spiro atoms. The number of carbonyl (C=O) groups is 1. The minimum absolute atomic E-state index is 0.0956. The van der Waals surface area contributed by atoms with Crippen molar-refractivity contribution in [2.24, 2.45) is 19.2 Å². The number of hydrazone groups is 1. The van der Waals surface area contributed by atoms with Crippen molar-refractivity contribution < 1.29 is 4.79 Å². The zero-order chi connectivity index (χ0) is 15.0. The molecule has 0 aliphatic rings. The average Bonchev–Trinajstić information content (AvgIpc) is 2.60. The van der Waals surface area contributed by atoms with Gasteiger partial charge in [0.25, 0.3) is 0 Å². The van der Waals surface area contributed by atoms with Gasteiger partial charge < -0.3 is 0 Å². The molecule has 0 aliphatic heterocycles. The second-order valence-corrected chi connectivity index (χ2v) is 4.95. The highest BCUT2D eigenvalue weighted by atomic mass is 16.2. The van der Waals surface area contributed by atoms with Gasteiger partial charge in [0.1, 0.15) is 0 Å². The minimum Gasteiger partial charge on any atom is -0.295 e. The largest absolute Gasteiger partial charge is 0.328 e. The Balaban J connectivity index is 2.67. The fourth-order valence-electron chi connectivity index (χ4n) is 2.14. The molecule has 0 bridgehead atoms. The van der Waals surface area contributed by atoms with Gasteiger partial charge in [-0.1, -0.05) is 0 Å². The SMILES string of the molecule is CC(=O)N(N=C(C)C)c1ccc2c(c1)n(C)c(=O)n2C. The van der Waals surface area contributed by atoms with Gasteiger partial charge >= 0.3 is 5.69 Å². The molecule has 0 atom stereocenters. The number of hydrogen-bond acceptors (Lipinski definition) is 3. The normalized spacial score (nSPS) is 10.7. The van der Waals surface area contributed by atoms with Crippen molar-refractivity contribution in [1.82, 2.24) is 9.13 Å². The number of amides is 1. The van der Waals surface area contributed by atoms with E-state index < -0.39 is 0 Å². The molecule has 0 aliphatic carbocycles. The molecule has 2 rings (SSSR count). The Bertz CT molecular complexity index is 763. The van der Waals surface area contributed by atoms with Crippen LogP contribution in [0, 0.1) is 0 Å². The van der Waals surface area contributed by atoms with Crippen LogP contribution in [0.1, 0.15) is 20.8 Å². The van der Waals surface area contributed by atoms with Crippen LogP contribution in [0.15, 0.2) is 28.1 Å². The molecular formula is C14H18N4O2. The first-order valence-corrected chi connectivity index (χ1v) is 6.31. The second-order valence-electron chi connectivity index (χ2n) is 4.95. The first kappa shape index (κ1) is 14.0. The first-order chi connectivity index (χ1) is 9.32. The van der Waals surface area contributed by atoms with Gasteiger partial charge in [-0.3, -0.25) is 13.9 Å². The van der Waals surface area contributed by atoms with Crippen molar-refractivity contribution in [3.63, 3.8) is 0 Å². The maximum absolute atomic E-state index is 11.9. The van der Waals surface area contributed by atoms with Gasteiger partial charge in [-0.25, -0.2) is 9.80 Å². The number of nitrogens with zero attached hydrogens (tertiary/aromatic N) is 4. The molecule has 1 aromatic carbocycles. The lowest BCUT2D eigenvalue weighted by molar-refractivity contribution is -0.116. The predicted octanol–water partition coefficient (Wildman–Crippen LogP) is 1.63. The van der Waals surface area contributed by atoms with Crippen LogP contribution in [0.2, 0.25) is 0 Å². The van der Waals surface area contributed by atoms with Gasteiger partial charge in [-0.2, -0.15) is 5.10 Å². The Kier molecular flexibility index (Phi) is 3.48. The van der Waals surface area contributed by atoms with Crippen molar-refractivity contribution in [1.29, 1.82) is 0 Å². The summed E-state index contributed by atoms with van der Waals surface area (Å²) in [6.45, 7) is 5.11. The lowest BCUT2D eigenvalue weighted by atomic mass is 10.2. The Hall–Kier alpha value is -2.37. The number of carbonyl (C=O) groups excluding carboxylic acids is 1. The van der Waals surface area contributed by atoms with Crippen molar-refractivity contribution in [3.05, 3.63) is 28.7 Å². The lowest BCUT2D eigenvalue weighted by Crippen LogP contribution is -2.23. The van der Waals surface area contributed by atoms with Crippen LogP contribution in [0.4, 0.5) is 5.69 Å². The van der Waals surface area contributed by atoms with Gasteiger partial charge in [-0.05, 0) is 32.0 Å². The Morgan fingerprint density at radius 2 is 1.70 bits per heavy atom. The van der Waals surface area contributed by atoms with E-state index in [2.05, 4.69) is 5.10 Å². The summed E-state index contributed by atoms with van der Waals surface area (Å²) < 4.78 is 3.13. The lowest BCUT2D eigenvalue weighted by Gasteiger charge is -2.16. The van der Waals surface area contributed by atoms with Gasteiger partial charge in [0.15, 0.2) is 0 Å². The quantitative estimate of drug-likeness (QED) is 0.617. The maximum Gasteiger partial charge on any atom is 0.328 e. The van der Waals surface area contributed by atoms with Crippen LogP contribution in [-0.2, 0) is 18.9 Å². The molecule has 6 nitrogen and oxygen atoms in total. The topological polar surface area (TPSA) is 59.6 Å². The molecule has 20 heavy (non-hydrogen) atoms. The number of aromatic nitrogens is 2. The first-order valence-electron chi connectivity index (χ1n) is 6.31. The fraction of sp³-hybridized carbons (Fsp3) is 0.357. The summed E-state index contributed by atoms with van der Waals surface area (Å²) in [5.74, 6) is -0.175. The van der Waals surface area contributed by atoms with E-state index in [-0.39, 0.29) is 11.6 Å². The van der Waals surface area contributed by atoms with Crippen LogP contribution >= 0.6 is 0 Å². The van der Waals surface area contributed by atoms with Crippen molar-refractivity contribution in [2.45, 2.75) is 20.8 Å². The molecule has 106 valence electrons. The number of fused-ring (bicyclic) bond motifs is 1. The molecule has 0 fully saturated rings. The summed E-state index contributed by atoms with van der Waals surface area (Å²) in [5.41, 5.74) is 2.92. The van der Waals surface area contributed by atoms with E-state index in [1.165, 1.54) is 11.9 Å². The van der Waals surface area contributed by atoms with E-state index >= 15 is 0 Å². The van der Waals surface area contributed by atoms with Crippen LogP contribution in [0.25, 0.3) is 11.0 Å². The molecule has 2 aromatic rings. The summed E-state index contributed by atoms with van der Waals surface area (Å²) in [7, 11) is 3.43. The molecule has 0 saturated heterocycles. The second kappa shape index (κ2) is 4.96. The predicted molar refractivity (Wildman–Crippen MR) is 80.1 cm³/mol. The van der Waals surface area contributed by atoms with Gasteiger partial charge in [0.05, 0.1) is 16.7 Å². The number of benzene rings is 1. The highest BCUT2D eigenvalue weighted by Gasteiger charge is 2.14. The Morgan fingerprint density at radius 1 is 1.10 bits per heavy atom. The van der Waals surface area contributed by atoms with Crippen molar-refractivity contribution in [3.8, 4) is 0 Å². The zero-order valence-corrected chi connectivity index (χ0v) is 12.3. The van der Waals surface area contributed by atoms with E-state index in [0.717, 1.165) is 16.7 Å². The molecule has 1 aromatic heterocycles. The monoisotopic (exact) mass is 274 g/mol. The molecule has 1 heterocycles. The Morgan fingerprint density at radius 3 is 2.25 bits per heavy atom. The average molecular weight is 274 g/mol. The maximum atomic E-state index is 11.9. The fourth-order valence-corrected chi connectivity index (χ4v) is 2.14. The number of imidazole rings is 1. The molecule has 0 radical (unpaired) electrons. The van der Waals surface area contributed by atoms with E-state index in [1.807, 2.05) is 19.9 Å². The van der Waals surface area contributed by atoms with E-state index in [4.69, 9.17) is 0 Å². The molecule has 6 heteroatoms. The summed E-state index contributed by atoms with van der Waals surface area (Å²) in [6.07, 6.45) is 0. The molecule has 0 saturated carbocycles. The summed E-state index contributed by atoms with van der Waals surface area (Å²) in [5, 5.41) is 5.56. The summed E-state index contributed by atoms with van der Waals surface area (Å²) >= 11 is 0. The van der Waals surface area contributed by atoms with Crippen LogP contribution in [0.3, 0.4) is 0 Å². The molecule has 1 amide bonds. The number of rotatable bonds is 2. The van der Waals surface area contributed by atoms with Crippen molar-refractivity contribution >= 4 is 28.3 Å². The van der Waals surface area contributed by atoms with Crippen LogP contribution in [0.5, 0.6) is 0 Å². The summed E-state index contributed by atoms with van der Waals surface area (Å²) in [6, 6.07) is 5.41. The number of aryl methyl sites for hydroxylation is 2. The third-order valence-electron chi connectivity index (χ3n) is 3.10. The van der Waals surface area contributed by atoms with E-state index in [1.54, 1.807) is 35.4 Å². The third-order valence-corrected chi connectivity index (χ3v) is 3.10. The molecule has 0 N–H and O–H groups in total. The van der Waals surface area contributed by atoms with Gasteiger partial charge in [0.2, 0.25) is 5.91 Å². The van der Waals surface area contributed by atoms with Crippen LogP contribution in [-0.4, -0.2) is 20.8 Å². The third kappa shape index (κ3) is 2.24. The van der Waals surface area contributed by atoms with Gasteiger partial charge in [0, 0.05) is 26.7 Å². The van der Waals surface area contributed by atoms with Gasteiger partial charge in [-0.15, -0.1) is 0 Å². The van der Waals surface area contributed by atoms with E-state index in [0.29, 0.717) is 5.69 Å². The van der Waals surface area contributed by atoms with E-state index in [9.17, 15) is 9.59 Å². The van der Waals surface area contributed by atoms with Crippen LogP contribution < -0.4 is 10.7 Å². The minimum atomic E-state index is -0.175. The Labute approximate surface area is 116 Å². The highest BCUT2D eigenvalue weighted by molar-refractivity contribution is 5.95. The molecule has 0 unspecified atom stereocenters. The summed E-state index contributed by atoms with van der Waals surface area (Å²) in [4.78, 5) is 23.6. The smallest absolute Gasteiger partial charge is 0.295 e. The molecular weight excluding hydrogens is 256 g/mol.